The molecule has 0 rings (SSSR count). The zero-order valence-corrected chi connectivity index (χ0v) is 7.47. The fraction of sp³-hybridized carbons (Fsp3) is 0.500. The molecule has 0 spiro atoms. The highest BCUT2D eigenvalue weighted by molar-refractivity contribution is 8.11. The molecule has 2 N–H and O–H groups in total. The molecule has 58 valence electrons. The van der Waals surface area contributed by atoms with Crippen molar-refractivity contribution in [3.8, 4) is 0 Å². The molecule has 0 saturated carbocycles. The molecule has 0 aromatic carbocycles. The summed E-state index contributed by atoms with van der Waals surface area (Å²) in [5.74, 6) is 0. The normalized spacial score (nSPS) is 8.90. The molecular formula is C6H12N2S2. The number of thiocarbonyl (C=S) groups is 1. The lowest BCUT2D eigenvalue weighted by Crippen LogP contribution is -2.28. The molecule has 0 amide bonds. The summed E-state index contributed by atoms with van der Waals surface area (Å²) < 4.78 is 0.542. The van der Waals surface area contributed by atoms with Crippen LogP contribution >= 0.6 is 24.8 Å². The lowest BCUT2D eigenvalue weighted by Gasteiger charge is -2.02. The van der Waals surface area contributed by atoms with Crippen LogP contribution in [0.15, 0.2) is 12.7 Å². The van der Waals surface area contributed by atoms with Crippen LogP contribution in [0.3, 0.4) is 0 Å². The van der Waals surface area contributed by atoms with Crippen LogP contribution in [0.25, 0.3) is 0 Å². The Kier molecular flexibility index (Phi) is 7.01. The topological polar surface area (TPSA) is 24.1 Å². The maximum absolute atomic E-state index is 4.68. The van der Waals surface area contributed by atoms with Crippen molar-refractivity contribution in [2.45, 2.75) is 0 Å². The monoisotopic (exact) mass is 176 g/mol. The molecular weight excluding hydrogens is 164 g/mol. The second-order valence-corrected chi connectivity index (χ2v) is 2.88. The molecule has 0 radical (unpaired) electrons. The van der Waals surface area contributed by atoms with Gasteiger partial charge in [-0.2, -0.15) is 0 Å². The average molecular weight is 176 g/mol. The average Bonchev–Trinajstić information content (AvgIpc) is 1.87. The standard InChI is InChI=1S/C6H12N2S2/c1-2-3-7-4-5-8-6(9)10/h2,7H,1,3-5H2,(H2,8,9,10). The molecule has 0 saturated heterocycles. The molecule has 0 atom stereocenters. The molecule has 2 nitrogen and oxygen atoms in total. The molecule has 0 unspecified atom stereocenters. The van der Waals surface area contributed by atoms with E-state index in [0.29, 0.717) is 4.32 Å². The van der Waals surface area contributed by atoms with Gasteiger partial charge in [-0.05, 0) is 0 Å². The molecule has 0 fully saturated rings. The first-order valence-corrected chi connectivity index (χ1v) is 3.91. The predicted molar refractivity (Wildman–Crippen MR) is 52.7 cm³/mol. The third-order valence-corrected chi connectivity index (χ3v) is 1.17. The Morgan fingerprint density at radius 1 is 1.60 bits per heavy atom. The van der Waals surface area contributed by atoms with Gasteiger partial charge >= 0.3 is 0 Å². The third kappa shape index (κ3) is 7.94. The van der Waals surface area contributed by atoms with Crippen molar-refractivity contribution in [2.24, 2.45) is 0 Å². The molecule has 0 aliphatic heterocycles. The smallest absolute Gasteiger partial charge is 0.130 e. The van der Waals surface area contributed by atoms with Crippen molar-refractivity contribution < 1.29 is 0 Å². The van der Waals surface area contributed by atoms with Gasteiger partial charge in [0.1, 0.15) is 4.32 Å². The van der Waals surface area contributed by atoms with E-state index in [9.17, 15) is 0 Å². The second kappa shape index (κ2) is 7.05. The van der Waals surface area contributed by atoms with Crippen molar-refractivity contribution in [2.75, 3.05) is 19.6 Å². The molecule has 0 aromatic rings. The summed E-state index contributed by atoms with van der Waals surface area (Å²) in [5, 5.41) is 6.02. The zero-order valence-electron chi connectivity index (χ0n) is 5.76. The van der Waals surface area contributed by atoms with Crippen molar-refractivity contribution in [3.63, 3.8) is 0 Å². The van der Waals surface area contributed by atoms with E-state index in [1.54, 1.807) is 0 Å². The highest BCUT2D eigenvalue weighted by Crippen LogP contribution is 1.74. The van der Waals surface area contributed by atoms with Gasteiger partial charge in [-0.15, -0.1) is 19.2 Å². The van der Waals surface area contributed by atoms with Crippen LogP contribution in [0.1, 0.15) is 0 Å². The summed E-state index contributed by atoms with van der Waals surface area (Å²) in [5.41, 5.74) is 0. The predicted octanol–water partition coefficient (Wildman–Crippen LogP) is 0.566. The van der Waals surface area contributed by atoms with E-state index in [1.807, 2.05) is 6.08 Å². The van der Waals surface area contributed by atoms with Gasteiger partial charge in [-0.1, -0.05) is 18.3 Å². The minimum absolute atomic E-state index is 0.542. The minimum Gasteiger partial charge on any atom is -0.370 e. The highest BCUT2D eigenvalue weighted by Gasteiger charge is 1.84. The van der Waals surface area contributed by atoms with Gasteiger partial charge in [-0.25, -0.2) is 0 Å². The van der Waals surface area contributed by atoms with Gasteiger partial charge in [0.25, 0.3) is 0 Å². The largest absolute Gasteiger partial charge is 0.370 e. The van der Waals surface area contributed by atoms with Gasteiger partial charge in [0, 0.05) is 19.6 Å². The highest BCUT2D eigenvalue weighted by atomic mass is 32.1. The first-order chi connectivity index (χ1) is 4.77. The van der Waals surface area contributed by atoms with Crippen molar-refractivity contribution in [1.29, 1.82) is 0 Å². The Labute approximate surface area is 72.5 Å². The Morgan fingerprint density at radius 3 is 2.80 bits per heavy atom. The van der Waals surface area contributed by atoms with Crippen LogP contribution in [0.5, 0.6) is 0 Å². The van der Waals surface area contributed by atoms with Crippen LogP contribution in [-0.2, 0) is 0 Å². The fourth-order valence-corrected chi connectivity index (χ4v) is 0.676. The molecule has 0 aliphatic rings. The quantitative estimate of drug-likeness (QED) is 0.247. The van der Waals surface area contributed by atoms with Crippen LogP contribution in [0.2, 0.25) is 0 Å². The lowest BCUT2D eigenvalue weighted by molar-refractivity contribution is 0.726. The Morgan fingerprint density at radius 2 is 2.30 bits per heavy atom. The first-order valence-electron chi connectivity index (χ1n) is 3.05. The van der Waals surface area contributed by atoms with Gasteiger partial charge in [0.05, 0.1) is 0 Å². The van der Waals surface area contributed by atoms with E-state index in [-0.39, 0.29) is 0 Å². The van der Waals surface area contributed by atoms with Crippen LogP contribution in [-0.4, -0.2) is 24.0 Å². The van der Waals surface area contributed by atoms with Crippen molar-refractivity contribution in [1.82, 2.24) is 10.6 Å². The summed E-state index contributed by atoms with van der Waals surface area (Å²) in [6.07, 6.45) is 1.82. The number of nitrogens with one attached hydrogen (secondary N) is 2. The van der Waals surface area contributed by atoms with E-state index in [2.05, 4.69) is 42.1 Å². The van der Waals surface area contributed by atoms with E-state index in [0.717, 1.165) is 19.6 Å². The van der Waals surface area contributed by atoms with E-state index in [1.165, 1.54) is 0 Å². The SMILES string of the molecule is C=CCNCCNC(=S)S. The molecule has 4 heteroatoms. The molecule has 0 aliphatic carbocycles. The molecule has 0 aromatic heterocycles. The summed E-state index contributed by atoms with van der Waals surface area (Å²) in [7, 11) is 0. The molecule has 10 heavy (non-hydrogen) atoms. The minimum atomic E-state index is 0.542. The summed E-state index contributed by atoms with van der Waals surface area (Å²) in [6, 6.07) is 0. The number of rotatable bonds is 5. The lowest BCUT2D eigenvalue weighted by atomic mass is 10.5. The summed E-state index contributed by atoms with van der Waals surface area (Å²) >= 11 is 8.57. The summed E-state index contributed by atoms with van der Waals surface area (Å²) in [4.78, 5) is 0. The molecule has 0 heterocycles. The van der Waals surface area contributed by atoms with E-state index < -0.39 is 0 Å². The van der Waals surface area contributed by atoms with E-state index >= 15 is 0 Å². The second-order valence-electron chi connectivity index (χ2n) is 1.72. The van der Waals surface area contributed by atoms with Crippen LogP contribution < -0.4 is 10.6 Å². The first kappa shape index (κ1) is 9.94. The van der Waals surface area contributed by atoms with Crippen molar-refractivity contribution >= 4 is 29.2 Å². The number of hydrogen-bond donors (Lipinski definition) is 3. The summed E-state index contributed by atoms with van der Waals surface area (Å²) in [6.45, 7) is 6.10. The Balaban J connectivity index is 2.90. The van der Waals surface area contributed by atoms with Crippen LogP contribution in [0.4, 0.5) is 0 Å². The Bertz CT molecular complexity index is 114. The van der Waals surface area contributed by atoms with Gasteiger partial charge < -0.3 is 10.6 Å². The van der Waals surface area contributed by atoms with Gasteiger partial charge in [0.15, 0.2) is 0 Å². The van der Waals surface area contributed by atoms with Gasteiger partial charge in [-0.3, -0.25) is 0 Å². The van der Waals surface area contributed by atoms with Crippen molar-refractivity contribution in [3.05, 3.63) is 12.7 Å². The fourth-order valence-electron chi connectivity index (χ4n) is 0.462. The van der Waals surface area contributed by atoms with E-state index in [4.69, 9.17) is 0 Å². The zero-order chi connectivity index (χ0) is 7.82. The molecule has 0 bridgehead atoms. The maximum Gasteiger partial charge on any atom is 0.130 e. The third-order valence-electron chi connectivity index (χ3n) is 0.867. The van der Waals surface area contributed by atoms with Crippen LogP contribution in [0, 0.1) is 0 Å². The van der Waals surface area contributed by atoms with Gasteiger partial charge in [0.2, 0.25) is 0 Å². The maximum atomic E-state index is 4.68. The number of thiol groups is 1. The number of hydrogen-bond acceptors (Lipinski definition) is 2. The Hall–Kier alpha value is -0.0600.